The predicted molar refractivity (Wildman–Crippen MR) is 79.5 cm³/mol. The number of hydrogen-bond acceptors (Lipinski definition) is 3. The molecule has 0 aromatic rings. The van der Waals surface area contributed by atoms with E-state index in [-0.39, 0.29) is 18.6 Å². The fourth-order valence-electron chi connectivity index (χ4n) is 0.340. The van der Waals surface area contributed by atoms with E-state index in [0.717, 1.165) is 6.42 Å². The first-order chi connectivity index (χ1) is 7.70. The van der Waals surface area contributed by atoms with Crippen LogP contribution in [0.2, 0.25) is 0 Å². The molecule has 0 aliphatic heterocycles. The van der Waals surface area contributed by atoms with Gasteiger partial charge in [0.25, 0.3) is 0 Å². The van der Waals surface area contributed by atoms with Crippen molar-refractivity contribution in [2.45, 2.75) is 66.1 Å². The van der Waals surface area contributed by atoms with Gasteiger partial charge in [-0.15, -0.1) is 6.42 Å². The van der Waals surface area contributed by atoms with Crippen molar-refractivity contribution < 1.29 is 18.6 Å². The second kappa shape index (κ2) is 22.2. The minimum atomic E-state index is 0. The number of allylic oxidation sites excluding steroid dienone is 4. The fourth-order valence-corrected chi connectivity index (χ4v) is 0.340. The third kappa shape index (κ3) is 146. The van der Waals surface area contributed by atoms with Crippen molar-refractivity contribution in [3.05, 3.63) is 24.3 Å². The first kappa shape index (κ1) is 26.5. The van der Waals surface area contributed by atoms with Crippen molar-refractivity contribution in [2.24, 2.45) is 17.2 Å². The third-order valence-electron chi connectivity index (χ3n) is 0.586. The Balaban J connectivity index is -0.0000000719. The van der Waals surface area contributed by atoms with Gasteiger partial charge in [-0.2, -0.15) is 6.08 Å². The number of hydrogen-bond donors (Lipinski definition) is 3. The van der Waals surface area contributed by atoms with Crippen LogP contribution in [0.15, 0.2) is 18.2 Å². The predicted octanol–water partition coefficient (Wildman–Crippen LogP) is 2.36. The normalized spacial score (nSPS) is 10.9. The average molecular weight is 293 g/mol. The molecule has 1 aliphatic carbocycles. The Morgan fingerprint density at radius 3 is 1.17 bits per heavy atom. The first-order valence-corrected chi connectivity index (χ1v) is 6.18. The van der Waals surface area contributed by atoms with Gasteiger partial charge in [0.2, 0.25) is 0 Å². The van der Waals surface area contributed by atoms with Crippen LogP contribution < -0.4 is 17.2 Å². The Morgan fingerprint density at radius 2 is 1.11 bits per heavy atom. The fraction of sp³-hybridized carbons (Fsp3) is 0.714. The molecule has 18 heavy (non-hydrogen) atoms. The molecule has 109 valence electrons. The maximum atomic E-state index is 5.11. The molecule has 0 unspecified atom stereocenters. The van der Waals surface area contributed by atoms with Gasteiger partial charge in [-0.1, -0.05) is 41.5 Å². The van der Waals surface area contributed by atoms with Crippen LogP contribution in [-0.2, 0) is 18.6 Å². The minimum Gasteiger partial charge on any atom is -0.328 e. The van der Waals surface area contributed by atoms with Gasteiger partial charge < -0.3 is 17.2 Å². The summed E-state index contributed by atoms with van der Waals surface area (Å²) in [6, 6.07) is 1.000. The maximum Gasteiger partial charge on any atom is 0 e. The van der Waals surface area contributed by atoms with Crippen LogP contribution in [0.3, 0.4) is 0 Å². The zero-order valence-electron chi connectivity index (χ0n) is 12.9. The molecule has 0 heterocycles. The Bertz CT molecular complexity index is 143. The topological polar surface area (TPSA) is 78.1 Å². The Hall–Kier alpha value is -0.0556. The van der Waals surface area contributed by atoms with Crippen LogP contribution in [-0.4, -0.2) is 18.1 Å². The molecular weight excluding hydrogens is 261 g/mol. The van der Waals surface area contributed by atoms with E-state index in [2.05, 4.69) is 12.2 Å². The van der Waals surface area contributed by atoms with Gasteiger partial charge in [0.15, 0.2) is 0 Å². The van der Waals surface area contributed by atoms with Crippen LogP contribution in [0, 0.1) is 6.08 Å². The van der Waals surface area contributed by atoms with E-state index in [1.165, 1.54) is 0 Å². The average Bonchev–Trinajstić information content (AvgIpc) is 2.53. The largest absolute Gasteiger partial charge is 0.328 e. The summed E-state index contributed by atoms with van der Waals surface area (Å²) < 4.78 is 0. The van der Waals surface area contributed by atoms with Gasteiger partial charge >= 0.3 is 0 Å². The van der Waals surface area contributed by atoms with Crippen LogP contribution in [0.4, 0.5) is 0 Å². The zero-order valence-corrected chi connectivity index (χ0v) is 14.2. The Morgan fingerprint density at radius 1 is 0.833 bits per heavy atom. The van der Waals surface area contributed by atoms with Crippen molar-refractivity contribution in [1.82, 2.24) is 0 Å². The van der Waals surface area contributed by atoms with Crippen molar-refractivity contribution in [3.63, 3.8) is 0 Å². The molecule has 3 nitrogen and oxygen atoms in total. The molecule has 0 bridgehead atoms. The van der Waals surface area contributed by atoms with E-state index in [9.17, 15) is 0 Å². The summed E-state index contributed by atoms with van der Waals surface area (Å²) in [5.74, 6) is 0. The summed E-state index contributed by atoms with van der Waals surface area (Å²) in [6.45, 7) is 11.7. The maximum absolute atomic E-state index is 5.11. The van der Waals surface area contributed by atoms with Crippen molar-refractivity contribution >= 4 is 0 Å². The monoisotopic (exact) mass is 293 g/mol. The van der Waals surface area contributed by atoms with E-state index in [4.69, 9.17) is 17.2 Å². The van der Waals surface area contributed by atoms with Crippen molar-refractivity contribution in [2.75, 3.05) is 0 Å². The SMILES string of the molecule is CC(C)N.CC(C)N.CC(C)N.[C-]1=CC=CC1.[V]. The number of nitrogens with two attached hydrogens (primary N) is 3. The van der Waals surface area contributed by atoms with Crippen molar-refractivity contribution in [1.29, 1.82) is 0 Å². The molecule has 4 heteroatoms. The summed E-state index contributed by atoms with van der Waals surface area (Å²) >= 11 is 0. The molecule has 0 atom stereocenters. The van der Waals surface area contributed by atoms with Crippen LogP contribution in [0.5, 0.6) is 0 Å². The molecule has 1 rings (SSSR count). The van der Waals surface area contributed by atoms with E-state index in [1.54, 1.807) is 0 Å². The third-order valence-corrected chi connectivity index (χ3v) is 0.586. The van der Waals surface area contributed by atoms with Gasteiger partial charge in [0.1, 0.15) is 0 Å². The van der Waals surface area contributed by atoms with Crippen LogP contribution in [0.1, 0.15) is 48.0 Å². The Kier molecular flexibility index (Phi) is 32.6. The molecule has 6 N–H and O–H groups in total. The van der Waals surface area contributed by atoms with Gasteiger partial charge in [-0.25, -0.2) is 12.2 Å². The zero-order chi connectivity index (χ0) is 14.3. The number of rotatable bonds is 0. The standard InChI is InChI=1S/C5H5.3C3H9N.V/c1-2-4-5-3-1;3*1-3(2)4;/h1-3H,4H2;3*3H,4H2,1-2H3;/q-1;;;;. The smallest absolute Gasteiger partial charge is 0 e. The summed E-state index contributed by atoms with van der Waals surface area (Å²) in [6.07, 6.45) is 10.0. The first-order valence-electron chi connectivity index (χ1n) is 6.18. The molecular formula is C14H32N3V-. The summed E-state index contributed by atoms with van der Waals surface area (Å²) in [4.78, 5) is 0. The van der Waals surface area contributed by atoms with Gasteiger partial charge in [-0.05, 0) is 18.1 Å². The van der Waals surface area contributed by atoms with E-state index in [1.807, 2.05) is 53.7 Å². The summed E-state index contributed by atoms with van der Waals surface area (Å²) in [5, 5.41) is 0. The minimum absolute atomic E-state index is 0. The molecule has 0 saturated carbocycles. The Labute approximate surface area is 126 Å². The van der Waals surface area contributed by atoms with E-state index < -0.39 is 0 Å². The molecule has 0 amide bonds. The quantitative estimate of drug-likeness (QED) is 0.600. The van der Waals surface area contributed by atoms with Gasteiger partial charge in [-0.3, -0.25) is 6.08 Å². The second-order valence-corrected chi connectivity index (χ2v) is 4.74. The van der Waals surface area contributed by atoms with Crippen LogP contribution in [0.25, 0.3) is 0 Å². The van der Waals surface area contributed by atoms with E-state index in [0.29, 0.717) is 18.1 Å². The molecule has 1 aliphatic rings. The molecule has 1 radical (unpaired) electrons. The summed E-state index contributed by atoms with van der Waals surface area (Å²) in [7, 11) is 0. The molecule has 0 aromatic heterocycles. The molecule has 0 fully saturated rings. The van der Waals surface area contributed by atoms with Gasteiger partial charge in [0, 0.05) is 18.6 Å². The molecule has 0 saturated heterocycles. The van der Waals surface area contributed by atoms with Crippen LogP contribution >= 0.6 is 0 Å². The molecule has 0 aromatic carbocycles. The van der Waals surface area contributed by atoms with Gasteiger partial charge in [0.05, 0.1) is 0 Å². The molecule has 0 spiro atoms. The second-order valence-electron chi connectivity index (χ2n) is 4.74. The summed E-state index contributed by atoms with van der Waals surface area (Å²) in [5.41, 5.74) is 15.3. The van der Waals surface area contributed by atoms with E-state index >= 15 is 0 Å². The van der Waals surface area contributed by atoms with Crippen molar-refractivity contribution in [3.8, 4) is 0 Å².